The van der Waals surface area contributed by atoms with Crippen molar-refractivity contribution in [2.45, 2.75) is 65.6 Å². The number of likely N-dealkylation sites (tertiary alicyclic amines) is 1. The van der Waals surface area contributed by atoms with Crippen LogP contribution in [0.15, 0.2) is 18.3 Å². The number of rotatable bonds is 4. The van der Waals surface area contributed by atoms with Crippen molar-refractivity contribution >= 4 is 11.7 Å². The number of aromatic nitrogens is 1. The van der Waals surface area contributed by atoms with Gasteiger partial charge in [-0.05, 0) is 46.6 Å². The molecule has 1 amide bonds. The summed E-state index contributed by atoms with van der Waals surface area (Å²) in [5.74, 6) is 1.19. The maximum absolute atomic E-state index is 11.9. The molecule has 2 rings (SSSR count). The maximum Gasteiger partial charge on any atom is 0.219 e. The van der Waals surface area contributed by atoms with Gasteiger partial charge in [0.25, 0.3) is 0 Å². The lowest BCUT2D eigenvalue weighted by atomic mass is 10.0. The Labute approximate surface area is 128 Å². The Bertz CT molecular complexity index is 491. The van der Waals surface area contributed by atoms with Gasteiger partial charge in [-0.1, -0.05) is 6.07 Å². The summed E-state index contributed by atoms with van der Waals surface area (Å²) in [5.41, 5.74) is 1.19. The molecule has 2 heterocycles. The summed E-state index contributed by atoms with van der Waals surface area (Å²) in [5, 5.41) is 0. The average molecular weight is 289 g/mol. The van der Waals surface area contributed by atoms with Gasteiger partial charge in [0.2, 0.25) is 5.91 Å². The van der Waals surface area contributed by atoms with Gasteiger partial charge in [-0.15, -0.1) is 0 Å². The van der Waals surface area contributed by atoms with Crippen LogP contribution in [0.25, 0.3) is 0 Å². The van der Waals surface area contributed by atoms with Crippen LogP contribution in [0.5, 0.6) is 0 Å². The topological polar surface area (TPSA) is 36.4 Å². The van der Waals surface area contributed by atoms with E-state index in [2.05, 4.69) is 43.6 Å². The number of amides is 1. The van der Waals surface area contributed by atoms with Gasteiger partial charge < -0.3 is 9.80 Å². The van der Waals surface area contributed by atoms with Crippen molar-refractivity contribution in [3.05, 3.63) is 23.9 Å². The molecule has 0 spiro atoms. The number of hydrogen-bond acceptors (Lipinski definition) is 3. The Morgan fingerprint density at radius 3 is 2.57 bits per heavy atom. The Hall–Kier alpha value is -1.58. The van der Waals surface area contributed by atoms with E-state index in [1.165, 1.54) is 5.56 Å². The first-order chi connectivity index (χ1) is 9.93. The summed E-state index contributed by atoms with van der Waals surface area (Å²) in [7, 11) is 0. The van der Waals surface area contributed by atoms with Gasteiger partial charge in [0.15, 0.2) is 0 Å². The molecule has 0 bridgehead atoms. The first-order valence-corrected chi connectivity index (χ1v) is 7.94. The van der Waals surface area contributed by atoms with E-state index >= 15 is 0 Å². The molecule has 0 radical (unpaired) electrons. The highest BCUT2D eigenvalue weighted by atomic mass is 16.2. The number of anilines is 1. The van der Waals surface area contributed by atoms with Gasteiger partial charge in [-0.25, -0.2) is 4.98 Å². The fourth-order valence-electron chi connectivity index (χ4n) is 3.44. The smallest absolute Gasteiger partial charge is 0.219 e. The highest BCUT2D eigenvalue weighted by Crippen LogP contribution is 2.37. The molecule has 1 saturated heterocycles. The molecule has 4 nitrogen and oxygen atoms in total. The third-order valence-corrected chi connectivity index (χ3v) is 4.19. The van der Waals surface area contributed by atoms with Crippen LogP contribution in [0.3, 0.4) is 0 Å². The Morgan fingerprint density at radius 1 is 1.33 bits per heavy atom. The second kappa shape index (κ2) is 6.46. The summed E-state index contributed by atoms with van der Waals surface area (Å²) in [6.45, 7) is 11.3. The first-order valence-electron chi connectivity index (χ1n) is 7.94. The van der Waals surface area contributed by atoms with Gasteiger partial charge >= 0.3 is 0 Å². The second-order valence-electron chi connectivity index (χ2n) is 6.38. The van der Waals surface area contributed by atoms with Crippen molar-refractivity contribution in [3.63, 3.8) is 0 Å². The van der Waals surface area contributed by atoms with E-state index in [9.17, 15) is 4.79 Å². The second-order valence-corrected chi connectivity index (χ2v) is 6.38. The predicted octanol–water partition coefficient (Wildman–Crippen LogP) is 3.39. The van der Waals surface area contributed by atoms with E-state index in [4.69, 9.17) is 0 Å². The monoisotopic (exact) mass is 289 g/mol. The van der Waals surface area contributed by atoms with E-state index in [1.807, 2.05) is 17.2 Å². The Kier molecular flexibility index (Phi) is 4.86. The van der Waals surface area contributed by atoms with E-state index in [0.29, 0.717) is 12.1 Å². The van der Waals surface area contributed by atoms with Crippen molar-refractivity contribution in [1.82, 2.24) is 9.88 Å². The number of hydrogen-bond donors (Lipinski definition) is 0. The summed E-state index contributed by atoms with van der Waals surface area (Å²) < 4.78 is 0. The number of carbonyl (C=O) groups excluding carboxylic acids is 1. The molecule has 1 aromatic heterocycles. The van der Waals surface area contributed by atoms with Crippen LogP contribution in [0.2, 0.25) is 0 Å². The summed E-state index contributed by atoms with van der Waals surface area (Å²) in [6.07, 6.45) is 3.95. The minimum Gasteiger partial charge on any atom is -0.351 e. The van der Waals surface area contributed by atoms with E-state index < -0.39 is 0 Å². The molecule has 0 aliphatic carbocycles. The van der Waals surface area contributed by atoms with Crippen LogP contribution in [-0.2, 0) is 4.79 Å². The van der Waals surface area contributed by atoms with Crippen LogP contribution in [0.4, 0.5) is 5.82 Å². The maximum atomic E-state index is 11.9. The molecule has 4 heteroatoms. The molecule has 0 N–H and O–H groups in total. The SMILES string of the molecule is CC(=O)N1CCC[C@@H]1c1cccnc1N(C(C)C)C(C)C. The standard InChI is InChI=1S/C17H27N3O/c1-12(2)20(13(3)4)17-15(8-6-10-18-17)16-9-7-11-19(16)14(5)21/h6,8,10,12-13,16H,7,9,11H2,1-5H3/t16-/m1/s1. The van der Waals surface area contributed by atoms with E-state index in [-0.39, 0.29) is 11.9 Å². The van der Waals surface area contributed by atoms with Crippen LogP contribution in [0.1, 0.15) is 59.1 Å². The van der Waals surface area contributed by atoms with Crippen molar-refractivity contribution < 1.29 is 4.79 Å². The first kappa shape index (κ1) is 15.8. The highest BCUT2D eigenvalue weighted by molar-refractivity contribution is 5.74. The van der Waals surface area contributed by atoms with Gasteiger partial charge in [0.1, 0.15) is 5.82 Å². The number of nitrogens with zero attached hydrogens (tertiary/aromatic N) is 3. The Morgan fingerprint density at radius 2 is 2.00 bits per heavy atom. The molecule has 0 saturated carbocycles. The number of carbonyl (C=O) groups is 1. The summed E-state index contributed by atoms with van der Waals surface area (Å²) in [4.78, 5) is 20.8. The Balaban J connectivity index is 2.43. The van der Waals surface area contributed by atoms with Crippen molar-refractivity contribution in [2.75, 3.05) is 11.4 Å². The van der Waals surface area contributed by atoms with Crippen LogP contribution >= 0.6 is 0 Å². The quantitative estimate of drug-likeness (QED) is 0.852. The normalized spacial score (nSPS) is 18.6. The summed E-state index contributed by atoms with van der Waals surface area (Å²) >= 11 is 0. The van der Waals surface area contributed by atoms with Crippen molar-refractivity contribution in [1.29, 1.82) is 0 Å². The minimum atomic E-state index is 0.160. The van der Waals surface area contributed by atoms with Crippen molar-refractivity contribution in [3.8, 4) is 0 Å². The molecule has 116 valence electrons. The summed E-state index contributed by atoms with van der Waals surface area (Å²) in [6, 6.07) is 5.04. The zero-order valence-corrected chi connectivity index (χ0v) is 13.8. The molecular formula is C17H27N3O. The molecule has 1 aromatic rings. The average Bonchev–Trinajstić information content (AvgIpc) is 2.87. The minimum absolute atomic E-state index is 0.160. The van der Waals surface area contributed by atoms with Crippen LogP contribution < -0.4 is 4.90 Å². The zero-order chi connectivity index (χ0) is 15.6. The van der Waals surface area contributed by atoms with Crippen LogP contribution in [-0.4, -0.2) is 34.4 Å². The number of pyridine rings is 1. The molecule has 0 aromatic carbocycles. The molecule has 1 aliphatic heterocycles. The molecule has 1 fully saturated rings. The van der Waals surface area contributed by atoms with E-state index in [1.54, 1.807) is 6.92 Å². The third-order valence-electron chi connectivity index (χ3n) is 4.19. The molecule has 0 unspecified atom stereocenters. The fourth-order valence-corrected chi connectivity index (χ4v) is 3.44. The van der Waals surface area contributed by atoms with Gasteiger partial charge in [0.05, 0.1) is 6.04 Å². The van der Waals surface area contributed by atoms with Gasteiger partial charge in [0, 0.05) is 37.3 Å². The fraction of sp³-hybridized carbons (Fsp3) is 0.647. The van der Waals surface area contributed by atoms with E-state index in [0.717, 1.165) is 25.2 Å². The zero-order valence-electron chi connectivity index (χ0n) is 13.8. The highest BCUT2D eigenvalue weighted by Gasteiger charge is 2.31. The molecule has 1 aliphatic rings. The lowest BCUT2D eigenvalue weighted by Crippen LogP contribution is -2.39. The molecular weight excluding hydrogens is 262 g/mol. The lowest BCUT2D eigenvalue weighted by Gasteiger charge is -2.35. The lowest BCUT2D eigenvalue weighted by molar-refractivity contribution is -0.129. The molecule has 1 atom stereocenters. The third kappa shape index (κ3) is 3.20. The van der Waals surface area contributed by atoms with Gasteiger partial charge in [-0.2, -0.15) is 0 Å². The molecule has 21 heavy (non-hydrogen) atoms. The largest absolute Gasteiger partial charge is 0.351 e. The van der Waals surface area contributed by atoms with Gasteiger partial charge in [-0.3, -0.25) is 4.79 Å². The van der Waals surface area contributed by atoms with Crippen LogP contribution in [0, 0.1) is 0 Å². The van der Waals surface area contributed by atoms with Crippen molar-refractivity contribution in [2.24, 2.45) is 0 Å². The predicted molar refractivity (Wildman–Crippen MR) is 86.4 cm³/mol.